The zero-order valence-corrected chi connectivity index (χ0v) is 9.17. The van der Waals surface area contributed by atoms with E-state index in [9.17, 15) is 0 Å². The lowest BCUT2D eigenvalue weighted by atomic mass is 10.1. The molecule has 0 aliphatic rings. The van der Waals surface area contributed by atoms with Gasteiger partial charge in [0.25, 0.3) is 0 Å². The first kappa shape index (κ1) is 10.9. The molecule has 1 aromatic carbocycles. The van der Waals surface area contributed by atoms with Crippen molar-refractivity contribution in [3.63, 3.8) is 0 Å². The fourth-order valence-corrected chi connectivity index (χ4v) is 1.43. The second kappa shape index (κ2) is 5.53. The van der Waals surface area contributed by atoms with Gasteiger partial charge in [0.1, 0.15) is 0 Å². The lowest BCUT2D eigenvalue weighted by Crippen LogP contribution is -1.96. The summed E-state index contributed by atoms with van der Waals surface area (Å²) in [6.45, 7) is 4.82. The Morgan fingerprint density at radius 1 is 1.14 bits per heavy atom. The summed E-state index contributed by atoms with van der Waals surface area (Å²) in [5, 5.41) is 0. The fourth-order valence-electron chi connectivity index (χ4n) is 1.43. The van der Waals surface area contributed by atoms with Crippen LogP contribution in [0.3, 0.4) is 0 Å². The zero-order chi connectivity index (χ0) is 10.4. The molecule has 0 atom stereocenters. The minimum atomic E-state index is 0.673. The van der Waals surface area contributed by atoms with E-state index >= 15 is 0 Å². The van der Waals surface area contributed by atoms with Crippen molar-refractivity contribution in [3.8, 4) is 11.5 Å². The van der Waals surface area contributed by atoms with Crippen LogP contribution in [0, 0.1) is 0 Å². The molecule has 0 aromatic heterocycles. The number of rotatable bonds is 5. The van der Waals surface area contributed by atoms with E-state index in [1.54, 1.807) is 7.11 Å². The van der Waals surface area contributed by atoms with Gasteiger partial charge < -0.3 is 9.47 Å². The van der Waals surface area contributed by atoms with Crippen molar-refractivity contribution in [1.82, 2.24) is 0 Å². The predicted molar refractivity (Wildman–Crippen MR) is 58.2 cm³/mol. The Morgan fingerprint density at radius 2 is 1.93 bits per heavy atom. The quantitative estimate of drug-likeness (QED) is 0.717. The largest absolute Gasteiger partial charge is 0.493 e. The lowest BCUT2D eigenvalue weighted by Gasteiger charge is -2.10. The van der Waals surface area contributed by atoms with Gasteiger partial charge in [0, 0.05) is 0 Å². The van der Waals surface area contributed by atoms with Crippen LogP contribution in [0.15, 0.2) is 18.2 Å². The maximum Gasteiger partial charge on any atom is 0.161 e. The number of benzene rings is 1. The minimum absolute atomic E-state index is 0.673. The summed E-state index contributed by atoms with van der Waals surface area (Å²) in [4.78, 5) is 0. The number of hydrogen-bond donors (Lipinski definition) is 0. The predicted octanol–water partition coefficient (Wildman–Crippen LogP) is 3.05. The average molecular weight is 194 g/mol. The van der Waals surface area contributed by atoms with Crippen molar-refractivity contribution >= 4 is 0 Å². The molecule has 78 valence electrons. The van der Waals surface area contributed by atoms with Gasteiger partial charge in [-0.3, -0.25) is 0 Å². The van der Waals surface area contributed by atoms with Crippen LogP contribution in [-0.4, -0.2) is 13.7 Å². The average Bonchev–Trinajstić information content (AvgIpc) is 2.19. The van der Waals surface area contributed by atoms with Gasteiger partial charge in [-0.05, 0) is 31.0 Å². The van der Waals surface area contributed by atoms with Gasteiger partial charge >= 0.3 is 0 Å². The first-order chi connectivity index (χ1) is 6.81. The van der Waals surface area contributed by atoms with Crippen molar-refractivity contribution in [2.45, 2.75) is 26.7 Å². The van der Waals surface area contributed by atoms with Crippen LogP contribution in [0.1, 0.15) is 25.8 Å². The van der Waals surface area contributed by atoms with Crippen LogP contribution in [-0.2, 0) is 6.42 Å². The summed E-state index contributed by atoms with van der Waals surface area (Å²) < 4.78 is 10.7. The van der Waals surface area contributed by atoms with Crippen molar-refractivity contribution in [3.05, 3.63) is 23.8 Å². The SMILES string of the molecule is CCCc1ccc(OC)c(OCC)c1. The molecule has 1 aromatic rings. The van der Waals surface area contributed by atoms with Gasteiger partial charge in [-0.25, -0.2) is 0 Å². The molecular weight excluding hydrogens is 176 g/mol. The first-order valence-corrected chi connectivity index (χ1v) is 5.11. The van der Waals surface area contributed by atoms with Crippen LogP contribution < -0.4 is 9.47 Å². The van der Waals surface area contributed by atoms with Crippen LogP contribution in [0.25, 0.3) is 0 Å². The minimum Gasteiger partial charge on any atom is -0.493 e. The molecule has 0 spiro atoms. The Labute approximate surface area is 85.8 Å². The molecule has 1 rings (SSSR count). The Hall–Kier alpha value is -1.18. The van der Waals surface area contributed by atoms with E-state index in [0.717, 1.165) is 24.3 Å². The van der Waals surface area contributed by atoms with Crippen molar-refractivity contribution in [1.29, 1.82) is 0 Å². The van der Waals surface area contributed by atoms with Gasteiger partial charge in [0.15, 0.2) is 11.5 Å². The first-order valence-electron chi connectivity index (χ1n) is 5.11. The molecule has 0 saturated heterocycles. The van der Waals surface area contributed by atoms with E-state index in [4.69, 9.17) is 9.47 Å². The van der Waals surface area contributed by atoms with E-state index in [0.29, 0.717) is 6.61 Å². The Bertz CT molecular complexity index is 282. The number of hydrogen-bond acceptors (Lipinski definition) is 2. The van der Waals surface area contributed by atoms with Gasteiger partial charge in [0.2, 0.25) is 0 Å². The molecule has 0 heterocycles. The highest BCUT2D eigenvalue weighted by atomic mass is 16.5. The number of aryl methyl sites for hydroxylation is 1. The summed E-state index contributed by atoms with van der Waals surface area (Å²) in [5.41, 5.74) is 1.30. The number of methoxy groups -OCH3 is 1. The Morgan fingerprint density at radius 3 is 2.50 bits per heavy atom. The maximum atomic E-state index is 5.49. The molecule has 0 amide bonds. The highest BCUT2D eigenvalue weighted by Gasteiger charge is 2.04. The van der Waals surface area contributed by atoms with Crippen molar-refractivity contribution in [2.75, 3.05) is 13.7 Å². The normalized spacial score (nSPS) is 9.93. The monoisotopic (exact) mass is 194 g/mol. The fraction of sp³-hybridized carbons (Fsp3) is 0.500. The highest BCUT2D eigenvalue weighted by molar-refractivity contribution is 5.42. The van der Waals surface area contributed by atoms with E-state index in [2.05, 4.69) is 19.1 Å². The summed E-state index contributed by atoms with van der Waals surface area (Å²) in [6.07, 6.45) is 2.24. The van der Waals surface area contributed by atoms with Gasteiger partial charge in [0.05, 0.1) is 13.7 Å². The van der Waals surface area contributed by atoms with Gasteiger partial charge in [-0.1, -0.05) is 19.4 Å². The lowest BCUT2D eigenvalue weighted by molar-refractivity contribution is 0.310. The molecule has 2 heteroatoms. The second-order valence-electron chi connectivity index (χ2n) is 3.17. The molecule has 0 N–H and O–H groups in total. The third-order valence-corrected chi connectivity index (χ3v) is 2.07. The molecule has 0 bridgehead atoms. The molecule has 2 nitrogen and oxygen atoms in total. The van der Waals surface area contributed by atoms with Crippen LogP contribution >= 0.6 is 0 Å². The highest BCUT2D eigenvalue weighted by Crippen LogP contribution is 2.28. The molecule has 0 aliphatic heterocycles. The third-order valence-electron chi connectivity index (χ3n) is 2.07. The second-order valence-corrected chi connectivity index (χ2v) is 3.17. The molecule has 0 unspecified atom stereocenters. The topological polar surface area (TPSA) is 18.5 Å². The Balaban J connectivity index is 2.88. The standard InChI is InChI=1S/C12H18O2/c1-4-6-10-7-8-11(13-3)12(9-10)14-5-2/h7-9H,4-6H2,1-3H3. The molecular formula is C12H18O2. The summed E-state index contributed by atoms with van der Waals surface area (Å²) >= 11 is 0. The third kappa shape index (κ3) is 2.66. The molecule has 0 fully saturated rings. The van der Waals surface area contributed by atoms with E-state index in [1.807, 2.05) is 13.0 Å². The van der Waals surface area contributed by atoms with Crippen LogP contribution in [0.5, 0.6) is 11.5 Å². The Kier molecular flexibility index (Phi) is 4.30. The van der Waals surface area contributed by atoms with Crippen LogP contribution in [0.4, 0.5) is 0 Å². The van der Waals surface area contributed by atoms with Gasteiger partial charge in [-0.2, -0.15) is 0 Å². The summed E-state index contributed by atoms with van der Waals surface area (Å²) in [6, 6.07) is 6.12. The molecule has 14 heavy (non-hydrogen) atoms. The van der Waals surface area contributed by atoms with E-state index in [1.165, 1.54) is 5.56 Å². The van der Waals surface area contributed by atoms with Crippen molar-refractivity contribution in [2.24, 2.45) is 0 Å². The van der Waals surface area contributed by atoms with Crippen LogP contribution in [0.2, 0.25) is 0 Å². The number of ether oxygens (including phenoxy) is 2. The summed E-state index contributed by atoms with van der Waals surface area (Å²) in [7, 11) is 1.66. The molecule has 0 aliphatic carbocycles. The molecule has 0 radical (unpaired) electrons. The van der Waals surface area contributed by atoms with E-state index < -0.39 is 0 Å². The van der Waals surface area contributed by atoms with Crippen molar-refractivity contribution < 1.29 is 9.47 Å². The smallest absolute Gasteiger partial charge is 0.161 e. The van der Waals surface area contributed by atoms with Gasteiger partial charge in [-0.15, -0.1) is 0 Å². The molecule has 0 saturated carbocycles. The maximum absolute atomic E-state index is 5.49. The zero-order valence-electron chi connectivity index (χ0n) is 9.17. The van der Waals surface area contributed by atoms with E-state index in [-0.39, 0.29) is 0 Å². The summed E-state index contributed by atoms with van der Waals surface area (Å²) in [5.74, 6) is 1.66.